The first-order chi connectivity index (χ1) is 13.5. The standard InChI is InChI=1S/C20H11Cl2FN2O2S/c21-11-5-7-14(22)13(9-11)17-8-6-12(27-17)10-18-19(26)25-20(28-18)24-16-4-2-1-3-15(16)23/h1-10H,(H,24,25,26)/b18-10-. The van der Waals surface area contributed by atoms with Crippen LogP contribution in [0.15, 0.2) is 68.9 Å². The third-order valence-electron chi connectivity index (χ3n) is 3.82. The number of hydrogen-bond donors (Lipinski definition) is 1. The third kappa shape index (κ3) is 3.99. The molecule has 1 N–H and O–H groups in total. The number of thioether (sulfide) groups is 1. The SMILES string of the molecule is O=C1NC(=Nc2ccccc2F)S/C1=C\c1ccc(-c2cc(Cl)ccc2Cl)o1. The second kappa shape index (κ2) is 7.83. The summed E-state index contributed by atoms with van der Waals surface area (Å²) in [5.41, 5.74) is 0.812. The van der Waals surface area contributed by atoms with Gasteiger partial charge in [-0.3, -0.25) is 4.79 Å². The van der Waals surface area contributed by atoms with E-state index in [0.29, 0.717) is 37.2 Å². The lowest BCUT2D eigenvalue weighted by Gasteiger charge is -2.01. The molecule has 2 heterocycles. The summed E-state index contributed by atoms with van der Waals surface area (Å²) in [5.74, 6) is 0.203. The predicted molar refractivity (Wildman–Crippen MR) is 111 cm³/mol. The van der Waals surface area contributed by atoms with Gasteiger partial charge in [-0.2, -0.15) is 0 Å². The first-order valence-corrected chi connectivity index (χ1v) is 9.66. The maximum atomic E-state index is 13.7. The maximum absolute atomic E-state index is 13.7. The molecule has 1 aliphatic rings. The molecular weight excluding hydrogens is 422 g/mol. The number of benzene rings is 2. The van der Waals surface area contributed by atoms with Crippen molar-refractivity contribution in [3.8, 4) is 11.3 Å². The Balaban J connectivity index is 1.58. The van der Waals surface area contributed by atoms with Gasteiger partial charge in [-0.1, -0.05) is 35.3 Å². The van der Waals surface area contributed by atoms with Gasteiger partial charge in [0.1, 0.15) is 23.0 Å². The lowest BCUT2D eigenvalue weighted by atomic mass is 10.2. The number of para-hydroxylation sites is 1. The summed E-state index contributed by atoms with van der Waals surface area (Å²) in [6, 6.07) is 14.6. The lowest BCUT2D eigenvalue weighted by Crippen LogP contribution is -2.19. The fourth-order valence-electron chi connectivity index (χ4n) is 2.52. The molecule has 1 saturated heterocycles. The summed E-state index contributed by atoms with van der Waals surface area (Å²) in [7, 11) is 0. The van der Waals surface area contributed by atoms with E-state index < -0.39 is 5.82 Å². The monoisotopic (exact) mass is 432 g/mol. The van der Waals surface area contributed by atoms with E-state index in [-0.39, 0.29) is 11.6 Å². The minimum absolute atomic E-state index is 0.155. The highest BCUT2D eigenvalue weighted by Crippen LogP contribution is 2.34. The number of carbonyl (C=O) groups is 1. The van der Waals surface area contributed by atoms with Crippen LogP contribution >= 0.6 is 35.0 Å². The summed E-state index contributed by atoms with van der Waals surface area (Å²) in [6.45, 7) is 0. The number of halogens is 3. The Morgan fingerprint density at radius 3 is 2.75 bits per heavy atom. The smallest absolute Gasteiger partial charge is 0.264 e. The van der Waals surface area contributed by atoms with Crippen LogP contribution in [0.25, 0.3) is 17.4 Å². The Bertz CT molecular complexity index is 1140. The second-order valence-electron chi connectivity index (χ2n) is 5.76. The van der Waals surface area contributed by atoms with Crippen molar-refractivity contribution in [1.29, 1.82) is 0 Å². The molecule has 1 aromatic heterocycles. The highest BCUT2D eigenvalue weighted by atomic mass is 35.5. The number of hydrogen-bond acceptors (Lipinski definition) is 4. The number of furan rings is 1. The van der Waals surface area contributed by atoms with Crippen molar-refractivity contribution in [2.75, 3.05) is 0 Å². The topological polar surface area (TPSA) is 54.6 Å². The molecule has 0 radical (unpaired) electrons. The van der Waals surface area contributed by atoms with Crippen molar-refractivity contribution in [3.63, 3.8) is 0 Å². The van der Waals surface area contributed by atoms with Crippen molar-refractivity contribution in [3.05, 3.63) is 81.1 Å². The van der Waals surface area contributed by atoms with Crippen LogP contribution in [0.4, 0.5) is 10.1 Å². The molecule has 0 bridgehead atoms. The number of nitrogens with one attached hydrogen (secondary N) is 1. The van der Waals surface area contributed by atoms with E-state index in [1.165, 1.54) is 12.1 Å². The Morgan fingerprint density at radius 1 is 1.11 bits per heavy atom. The third-order valence-corrected chi connectivity index (χ3v) is 5.29. The Hall–Kier alpha value is -2.54. The van der Waals surface area contributed by atoms with Crippen LogP contribution in [0.1, 0.15) is 5.76 Å². The molecule has 4 rings (SSSR count). The van der Waals surface area contributed by atoms with Crippen LogP contribution in [0.3, 0.4) is 0 Å². The first kappa shape index (κ1) is 18.8. The number of carbonyl (C=O) groups excluding carboxylic acids is 1. The van der Waals surface area contributed by atoms with Crippen LogP contribution in [0.2, 0.25) is 10.0 Å². The molecule has 1 aliphatic heterocycles. The Morgan fingerprint density at radius 2 is 1.93 bits per heavy atom. The highest BCUT2D eigenvalue weighted by molar-refractivity contribution is 8.18. The number of aliphatic imine (C=N–C) groups is 1. The van der Waals surface area contributed by atoms with Crippen molar-refractivity contribution < 1.29 is 13.6 Å². The quantitative estimate of drug-likeness (QED) is 0.495. The summed E-state index contributed by atoms with van der Waals surface area (Å²) in [5, 5.41) is 3.95. The molecule has 1 amide bonds. The Labute approximate surface area is 174 Å². The van der Waals surface area contributed by atoms with E-state index in [4.69, 9.17) is 27.6 Å². The van der Waals surface area contributed by atoms with Gasteiger partial charge in [-0.25, -0.2) is 9.38 Å². The molecule has 3 aromatic rings. The average molecular weight is 433 g/mol. The molecule has 0 aliphatic carbocycles. The van der Waals surface area contributed by atoms with E-state index in [9.17, 15) is 9.18 Å². The maximum Gasteiger partial charge on any atom is 0.264 e. The zero-order valence-corrected chi connectivity index (χ0v) is 16.4. The second-order valence-corrected chi connectivity index (χ2v) is 7.63. The fraction of sp³-hybridized carbons (Fsp3) is 0. The van der Waals surface area contributed by atoms with E-state index >= 15 is 0 Å². The van der Waals surface area contributed by atoms with Crippen molar-refractivity contribution in [2.24, 2.45) is 4.99 Å². The molecule has 0 saturated carbocycles. The summed E-state index contributed by atoms with van der Waals surface area (Å²) in [4.78, 5) is 16.7. The molecule has 28 heavy (non-hydrogen) atoms. The van der Waals surface area contributed by atoms with Gasteiger partial charge < -0.3 is 9.73 Å². The molecule has 140 valence electrons. The molecular formula is C20H11Cl2FN2O2S. The molecule has 2 aromatic carbocycles. The minimum Gasteiger partial charge on any atom is -0.457 e. The molecule has 0 atom stereocenters. The van der Waals surface area contributed by atoms with E-state index in [1.54, 1.807) is 48.5 Å². The van der Waals surface area contributed by atoms with Gasteiger partial charge >= 0.3 is 0 Å². The zero-order chi connectivity index (χ0) is 19.7. The summed E-state index contributed by atoms with van der Waals surface area (Å²) >= 11 is 13.3. The van der Waals surface area contributed by atoms with Gasteiger partial charge in [-0.05, 0) is 54.2 Å². The number of amides is 1. The van der Waals surface area contributed by atoms with Crippen LogP contribution in [-0.4, -0.2) is 11.1 Å². The lowest BCUT2D eigenvalue weighted by molar-refractivity contribution is -0.115. The molecule has 4 nitrogen and oxygen atoms in total. The average Bonchev–Trinajstić information content (AvgIpc) is 3.26. The normalized spacial score (nSPS) is 16.8. The van der Waals surface area contributed by atoms with Gasteiger partial charge in [0.2, 0.25) is 0 Å². The van der Waals surface area contributed by atoms with Gasteiger partial charge in [0.15, 0.2) is 5.17 Å². The molecule has 8 heteroatoms. The predicted octanol–water partition coefficient (Wildman–Crippen LogP) is 6.28. The molecule has 1 fully saturated rings. The minimum atomic E-state index is -0.462. The van der Waals surface area contributed by atoms with E-state index in [2.05, 4.69) is 10.3 Å². The van der Waals surface area contributed by atoms with Gasteiger partial charge in [0, 0.05) is 16.7 Å². The van der Waals surface area contributed by atoms with Gasteiger partial charge in [-0.15, -0.1) is 0 Å². The van der Waals surface area contributed by atoms with Crippen LogP contribution in [0, 0.1) is 5.82 Å². The van der Waals surface area contributed by atoms with Crippen molar-refractivity contribution in [2.45, 2.75) is 0 Å². The number of rotatable bonds is 3. The highest BCUT2D eigenvalue weighted by Gasteiger charge is 2.24. The molecule has 0 spiro atoms. The van der Waals surface area contributed by atoms with Crippen LogP contribution in [0.5, 0.6) is 0 Å². The van der Waals surface area contributed by atoms with Crippen molar-refractivity contribution >= 4 is 57.8 Å². The van der Waals surface area contributed by atoms with Gasteiger partial charge in [0.25, 0.3) is 5.91 Å². The Kier molecular flexibility index (Phi) is 5.26. The van der Waals surface area contributed by atoms with Crippen LogP contribution in [-0.2, 0) is 4.79 Å². The van der Waals surface area contributed by atoms with E-state index in [0.717, 1.165) is 11.8 Å². The first-order valence-electron chi connectivity index (χ1n) is 8.09. The number of nitrogens with zero attached hydrogens (tertiary/aromatic N) is 1. The summed E-state index contributed by atoms with van der Waals surface area (Å²) < 4.78 is 19.5. The number of amidine groups is 1. The van der Waals surface area contributed by atoms with Crippen molar-refractivity contribution in [1.82, 2.24) is 5.32 Å². The van der Waals surface area contributed by atoms with E-state index in [1.807, 2.05) is 0 Å². The zero-order valence-electron chi connectivity index (χ0n) is 14.1. The van der Waals surface area contributed by atoms with Crippen LogP contribution < -0.4 is 5.32 Å². The largest absolute Gasteiger partial charge is 0.457 e. The fourth-order valence-corrected chi connectivity index (χ4v) is 3.72. The van der Waals surface area contributed by atoms with Gasteiger partial charge in [0.05, 0.1) is 9.93 Å². The molecule has 0 unspecified atom stereocenters. The summed E-state index contributed by atoms with van der Waals surface area (Å²) in [6.07, 6.45) is 1.59.